The molecule has 0 atom stereocenters. The van der Waals surface area contributed by atoms with Gasteiger partial charge in [-0.3, -0.25) is 0 Å². The van der Waals surface area contributed by atoms with Gasteiger partial charge in [-0.2, -0.15) is 10.5 Å². The van der Waals surface area contributed by atoms with Crippen LogP contribution < -0.4 is 29.4 Å². The molecule has 0 aliphatic heterocycles. The van der Waals surface area contributed by atoms with Crippen molar-refractivity contribution >= 4 is 28.4 Å². The van der Waals surface area contributed by atoms with Crippen molar-refractivity contribution < 1.29 is 29.4 Å². The lowest BCUT2D eigenvalue weighted by molar-refractivity contribution is -0.540. The molecule has 0 radical (unpaired) electrons. The first-order valence-corrected chi connectivity index (χ1v) is 7.75. The van der Waals surface area contributed by atoms with Crippen LogP contribution in [0, 0.1) is 10.8 Å². The molecule has 0 saturated heterocycles. The first kappa shape index (κ1) is 22.3. The van der Waals surface area contributed by atoms with Crippen molar-refractivity contribution in [1.82, 2.24) is 0 Å². The summed E-state index contributed by atoms with van der Waals surface area (Å²) in [5.41, 5.74) is 4.04. The van der Waals surface area contributed by atoms with Gasteiger partial charge in [0.2, 0.25) is 0 Å². The van der Waals surface area contributed by atoms with E-state index in [2.05, 4.69) is 56.8 Å². The number of hydrogen-bond donors (Lipinski definition) is 1. The van der Waals surface area contributed by atoms with Gasteiger partial charge in [0.15, 0.2) is 0 Å². The van der Waals surface area contributed by atoms with Gasteiger partial charge in [-0.15, -0.1) is 0 Å². The van der Waals surface area contributed by atoms with E-state index in [4.69, 9.17) is 0 Å². The van der Waals surface area contributed by atoms with E-state index in [0.29, 0.717) is 0 Å². The van der Waals surface area contributed by atoms with Crippen molar-refractivity contribution in [2.24, 2.45) is 26.1 Å². The number of quaternary nitrogens is 1. The minimum Gasteiger partial charge on any atom is -1.00 e. The van der Waals surface area contributed by atoms with Crippen LogP contribution in [0.1, 0.15) is 55.4 Å². The summed E-state index contributed by atoms with van der Waals surface area (Å²) in [4.78, 5) is 0. The highest BCUT2D eigenvalue weighted by Gasteiger charge is 2.17. The van der Waals surface area contributed by atoms with Crippen LogP contribution in [0.3, 0.4) is 0 Å². The maximum Gasteiger partial charge on any atom is 0.305 e. The van der Waals surface area contributed by atoms with Crippen molar-refractivity contribution in [2.45, 2.75) is 55.4 Å². The van der Waals surface area contributed by atoms with Crippen molar-refractivity contribution in [3.05, 3.63) is 0 Å². The van der Waals surface area contributed by atoms with Gasteiger partial charge in [-0.25, -0.2) is 0 Å². The monoisotopic (exact) mass is 412 g/mol. The first-order chi connectivity index (χ1) is 8.48. The predicted molar refractivity (Wildman–Crippen MR) is 88.0 cm³/mol. The molecule has 0 spiro atoms. The van der Waals surface area contributed by atoms with E-state index in [9.17, 15) is 0 Å². The van der Waals surface area contributed by atoms with Crippen molar-refractivity contribution in [2.75, 3.05) is 6.26 Å². The highest BCUT2D eigenvalue weighted by molar-refractivity contribution is 8.12. The van der Waals surface area contributed by atoms with Crippen LogP contribution in [0.5, 0.6) is 0 Å². The second-order valence-electron chi connectivity index (χ2n) is 6.67. The van der Waals surface area contributed by atoms with Gasteiger partial charge >= 0.3 is 5.17 Å². The summed E-state index contributed by atoms with van der Waals surface area (Å²) in [6.07, 6.45) is 1.99. The van der Waals surface area contributed by atoms with E-state index in [1.165, 1.54) is 0 Å². The second kappa shape index (κ2) is 9.15. The lowest BCUT2D eigenvalue weighted by Crippen LogP contribution is -3.00. The van der Waals surface area contributed by atoms with Gasteiger partial charge < -0.3 is 24.0 Å². The molecule has 0 unspecified atom stereocenters. The average Bonchev–Trinajstić information content (AvgIpc) is 2.25. The Morgan fingerprint density at radius 3 is 1.65 bits per heavy atom. The number of amidine groups is 1. The summed E-state index contributed by atoms with van der Waals surface area (Å²) in [6, 6.07) is 0. The summed E-state index contributed by atoms with van der Waals surface area (Å²) in [6.45, 7) is 16.9. The number of hydrogen-bond acceptors (Lipinski definition) is 4. The van der Waals surface area contributed by atoms with Crippen LogP contribution in [0.4, 0.5) is 0 Å². The van der Waals surface area contributed by atoms with Gasteiger partial charge in [0.25, 0.3) is 0 Å². The van der Waals surface area contributed by atoms with Crippen LogP contribution in [0.25, 0.3) is 0 Å². The minimum absolute atomic E-state index is 0. The first-order valence-electron chi connectivity index (χ1n) is 6.53. The Kier molecular flexibility index (Phi) is 10.2. The molecule has 6 heteroatoms. The van der Waals surface area contributed by atoms with Gasteiger partial charge in [0.1, 0.15) is 0 Å². The zero-order valence-corrected chi connectivity index (χ0v) is 17.2. The largest absolute Gasteiger partial charge is 1.00 e. The maximum atomic E-state index is 4.48. The van der Waals surface area contributed by atoms with Gasteiger partial charge in [-0.05, 0) is 31.9 Å². The third kappa shape index (κ3) is 9.07. The summed E-state index contributed by atoms with van der Waals surface area (Å²) >= 11 is 1.56. The third-order valence-electron chi connectivity index (χ3n) is 3.05. The molecule has 20 heavy (non-hydrogen) atoms. The van der Waals surface area contributed by atoms with E-state index in [-0.39, 0.29) is 34.8 Å². The fourth-order valence-corrected chi connectivity index (χ4v) is 1.02. The Bertz CT molecular complexity index is 387. The Morgan fingerprint density at radius 2 is 1.30 bits per heavy atom. The quantitative estimate of drug-likeness (QED) is 0.226. The standard InChI is InChI=1S/C14H28N4S.HI/c1-10(13(3,4)5)15-17-12(19-9)18-16-11(2)14(6,7)8;/h1-9H3,(H,17,18);1H/b15-10+,16-11+;. The molecule has 0 bridgehead atoms. The highest BCUT2D eigenvalue weighted by atomic mass is 127. The fourth-order valence-electron chi connectivity index (χ4n) is 0.739. The van der Waals surface area contributed by atoms with E-state index < -0.39 is 0 Å². The molecule has 0 rings (SSSR count). The molecule has 0 aromatic carbocycles. The van der Waals surface area contributed by atoms with Crippen molar-refractivity contribution in [1.29, 1.82) is 0 Å². The highest BCUT2D eigenvalue weighted by Crippen LogP contribution is 2.16. The maximum absolute atomic E-state index is 4.48. The number of thioether (sulfide) groups is 1. The number of nitrogens with two attached hydrogens (primary N) is 1. The molecule has 2 N–H and O–H groups in total. The van der Waals surface area contributed by atoms with Crippen LogP contribution in [0.15, 0.2) is 15.3 Å². The van der Waals surface area contributed by atoms with E-state index in [1.807, 2.05) is 20.1 Å². The minimum atomic E-state index is 0. The molecule has 118 valence electrons. The molecule has 0 saturated carbocycles. The van der Waals surface area contributed by atoms with Gasteiger partial charge in [0, 0.05) is 16.5 Å². The van der Waals surface area contributed by atoms with E-state index >= 15 is 0 Å². The Morgan fingerprint density at radius 1 is 0.850 bits per heavy atom. The lowest BCUT2D eigenvalue weighted by Gasteiger charge is -2.16. The molecule has 0 aromatic rings. The van der Waals surface area contributed by atoms with Crippen LogP contribution in [-0.2, 0) is 0 Å². The van der Waals surface area contributed by atoms with E-state index in [0.717, 1.165) is 16.6 Å². The van der Waals surface area contributed by atoms with Crippen molar-refractivity contribution in [3.63, 3.8) is 0 Å². The van der Waals surface area contributed by atoms with Crippen LogP contribution in [-0.4, -0.2) is 22.8 Å². The molecule has 0 aliphatic rings. The number of nitrogens with zero attached hydrogens (tertiary/aromatic N) is 3. The summed E-state index contributed by atoms with van der Waals surface area (Å²) in [7, 11) is 0. The zero-order chi connectivity index (χ0) is 15.3. The SMILES string of the molecule is CS/C(=N/N=C(\C)C(C)(C)C)[NH2+]/N=C(\C)C(C)(C)C.[I-]. The molecular weight excluding hydrogens is 383 g/mol. The summed E-state index contributed by atoms with van der Waals surface area (Å²) in [5.74, 6) is 0. The van der Waals surface area contributed by atoms with Gasteiger partial charge in [0.05, 0.1) is 5.71 Å². The average molecular weight is 412 g/mol. The zero-order valence-electron chi connectivity index (χ0n) is 14.2. The van der Waals surface area contributed by atoms with Crippen molar-refractivity contribution in [3.8, 4) is 0 Å². The molecule has 4 nitrogen and oxygen atoms in total. The lowest BCUT2D eigenvalue weighted by atomic mass is 9.91. The van der Waals surface area contributed by atoms with Gasteiger partial charge in [-0.1, -0.05) is 51.7 Å². The summed E-state index contributed by atoms with van der Waals surface area (Å²) in [5, 5.41) is 13.9. The van der Waals surface area contributed by atoms with E-state index in [1.54, 1.807) is 17.2 Å². The normalized spacial score (nSPS) is 15.2. The Balaban J connectivity index is 0. The predicted octanol–water partition coefficient (Wildman–Crippen LogP) is 0.117. The number of rotatable bonds is 2. The molecule has 0 amide bonds. The third-order valence-corrected chi connectivity index (χ3v) is 3.65. The summed E-state index contributed by atoms with van der Waals surface area (Å²) < 4.78 is 0. The fraction of sp³-hybridized carbons (Fsp3) is 0.786. The molecular formula is C14H29IN4S. The number of halogens is 1. The Labute approximate surface area is 145 Å². The molecule has 0 fully saturated rings. The Hall–Kier alpha value is 0.0500. The van der Waals surface area contributed by atoms with Crippen LogP contribution in [0.2, 0.25) is 0 Å². The molecule has 0 heterocycles. The van der Waals surface area contributed by atoms with Crippen LogP contribution >= 0.6 is 11.8 Å². The second-order valence-corrected chi connectivity index (χ2v) is 7.50. The molecule has 0 aromatic heterocycles. The molecule has 0 aliphatic carbocycles. The smallest absolute Gasteiger partial charge is 0.305 e. The topological polar surface area (TPSA) is 53.7 Å².